The van der Waals surface area contributed by atoms with Crippen LogP contribution in [0.15, 0.2) is 53.4 Å². The molecule has 2 aromatic rings. The van der Waals surface area contributed by atoms with E-state index in [1.54, 1.807) is 18.2 Å². The number of aromatic hydroxyl groups is 1. The fourth-order valence-corrected chi connectivity index (χ4v) is 3.36. The van der Waals surface area contributed by atoms with Crippen LogP contribution in [0.3, 0.4) is 0 Å². The van der Waals surface area contributed by atoms with Crippen LogP contribution < -0.4 is 4.74 Å². The maximum Gasteiger partial charge on any atom is 0.339 e. The Hall–Kier alpha value is -3.07. The number of hydrogen-bond acceptors (Lipinski definition) is 7. The van der Waals surface area contributed by atoms with Crippen LogP contribution in [-0.4, -0.2) is 42.6 Å². The molecule has 0 saturated heterocycles. The van der Waals surface area contributed by atoms with E-state index in [4.69, 9.17) is 14.6 Å². The second-order valence-electron chi connectivity index (χ2n) is 5.24. The molecule has 2 rings (SSSR count). The maximum absolute atomic E-state index is 12.4. The summed E-state index contributed by atoms with van der Waals surface area (Å²) in [5.74, 6) is -3.37. The standard InChI is InChI=1S/C17H16O8S/c1-11(18)24-16(10-26(22,23)13-5-3-2-4-6-13)25-12-7-8-14(17(20)21)15(19)9-12/h2-9,16,19H,10H2,1H3,(H,20,21). The summed E-state index contributed by atoms with van der Waals surface area (Å²) in [4.78, 5) is 22.2. The molecular formula is C17H16O8S. The second kappa shape index (κ2) is 7.87. The zero-order chi connectivity index (χ0) is 19.3. The van der Waals surface area contributed by atoms with E-state index in [-0.39, 0.29) is 16.2 Å². The summed E-state index contributed by atoms with van der Waals surface area (Å²) in [6, 6.07) is 10.9. The van der Waals surface area contributed by atoms with Gasteiger partial charge in [-0.2, -0.15) is 0 Å². The van der Waals surface area contributed by atoms with E-state index < -0.39 is 39.6 Å². The summed E-state index contributed by atoms with van der Waals surface area (Å²) < 4.78 is 35.1. The number of sulfone groups is 1. The van der Waals surface area contributed by atoms with E-state index in [1.807, 2.05) is 0 Å². The van der Waals surface area contributed by atoms with E-state index in [2.05, 4.69) is 0 Å². The monoisotopic (exact) mass is 380 g/mol. The molecular weight excluding hydrogens is 364 g/mol. The third-order valence-electron chi connectivity index (χ3n) is 3.22. The molecule has 2 N–H and O–H groups in total. The molecule has 0 radical (unpaired) electrons. The molecule has 1 atom stereocenters. The molecule has 26 heavy (non-hydrogen) atoms. The van der Waals surface area contributed by atoms with Crippen molar-refractivity contribution in [2.45, 2.75) is 18.1 Å². The molecule has 138 valence electrons. The highest BCUT2D eigenvalue weighted by molar-refractivity contribution is 7.91. The first-order valence-electron chi connectivity index (χ1n) is 7.37. The summed E-state index contributed by atoms with van der Waals surface area (Å²) in [6.45, 7) is 1.09. The quantitative estimate of drug-likeness (QED) is 0.550. The molecule has 0 saturated carbocycles. The summed E-state index contributed by atoms with van der Waals surface area (Å²) in [5, 5.41) is 18.6. The largest absolute Gasteiger partial charge is 0.507 e. The Balaban J connectivity index is 2.24. The zero-order valence-electron chi connectivity index (χ0n) is 13.7. The van der Waals surface area contributed by atoms with Gasteiger partial charge in [-0.1, -0.05) is 18.2 Å². The van der Waals surface area contributed by atoms with Crippen LogP contribution in [-0.2, 0) is 19.4 Å². The van der Waals surface area contributed by atoms with Crippen molar-refractivity contribution in [2.75, 3.05) is 5.75 Å². The molecule has 1 unspecified atom stereocenters. The van der Waals surface area contributed by atoms with Crippen LogP contribution in [0.25, 0.3) is 0 Å². The number of phenols is 1. The van der Waals surface area contributed by atoms with Gasteiger partial charge in [0.2, 0.25) is 0 Å². The normalized spacial score (nSPS) is 12.2. The van der Waals surface area contributed by atoms with Crippen molar-refractivity contribution in [3.05, 3.63) is 54.1 Å². The number of carbonyl (C=O) groups excluding carboxylic acids is 1. The Morgan fingerprint density at radius 3 is 2.31 bits per heavy atom. The maximum atomic E-state index is 12.4. The molecule has 0 fully saturated rings. The minimum absolute atomic E-state index is 0.0322. The van der Waals surface area contributed by atoms with Crippen molar-refractivity contribution in [1.29, 1.82) is 0 Å². The Bertz CT molecular complexity index is 906. The first-order valence-corrected chi connectivity index (χ1v) is 9.02. The molecule has 2 aromatic carbocycles. The number of carboxylic acids is 1. The third kappa shape index (κ3) is 4.96. The topological polar surface area (TPSA) is 127 Å². The number of carboxylic acid groups (broad SMARTS) is 1. The SMILES string of the molecule is CC(=O)OC(CS(=O)(=O)c1ccccc1)Oc1ccc(C(=O)O)c(O)c1. The van der Waals surface area contributed by atoms with Crippen LogP contribution in [0, 0.1) is 0 Å². The Morgan fingerprint density at radius 1 is 1.12 bits per heavy atom. The lowest BCUT2D eigenvalue weighted by molar-refractivity contribution is -0.157. The predicted octanol–water partition coefficient (Wildman–Crippen LogP) is 1.83. The lowest BCUT2D eigenvalue weighted by atomic mass is 10.2. The number of rotatable bonds is 7. The fourth-order valence-electron chi connectivity index (χ4n) is 2.10. The van der Waals surface area contributed by atoms with Gasteiger partial charge in [0, 0.05) is 13.0 Å². The molecule has 0 aromatic heterocycles. The summed E-state index contributed by atoms with van der Waals surface area (Å²) in [6.07, 6.45) is -1.48. The molecule has 8 nitrogen and oxygen atoms in total. The molecule has 0 aliphatic carbocycles. The van der Waals surface area contributed by atoms with Crippen LogP contribution in [0.1, 0.15) is 17.3 Å². The van der Waals surface area contributed by atoms with E-state index in [0.29, 0.717) is 0 Å². The van der Waals surface area contributed by atoms with Gasteiger partial charge in [-0.15, -0.1) is 0 Å². The van der Waals surface area contributed by atoms with Crippen molar-refractivity contribution in [3.63, 3.8) is 0 Å². The summed E-state index contributed by atoms with van der Waals surface area (Å²) >= 11 is 0. The first kappa shape index (κ1) is 19.3. The number of esters is 1. The highest BCUT2D eigenvalue weighted by Crippen LogP contribution is 2.25. The van der Waals surface area contributed by atoms with Gasteiger partial charge in [0.15, 0.2) is 9.84 Å². The minimum atomic E-state index is -3.82. The Labute approximate surface area is 149 Å². The van der Waals surface area contributed by atoms with Crippen LogP contribution >= 0.6 is 0 Å². The minimum Gasteiger partial charge on any atom is -0.507 e. The Morgan fingerprint density at radius 2 is 1.77 bits per heavy atom. The average Bonchev–Trinajstić information content (AvgIpc) is 2.54. The highest BCUT2D eigenvalue weighted by atomic mass is 32.2. The summed E-state index contributed by atoms with van der Waals surface area (Å²) in [5.41, 5.74) is -0.349. The predicted molar refractivity (Wildman–Crippen MR) is 89.7 cm³/mol. The Kier molecular flexibility index (Phi) is 5.83. The van der Waals surface area contributed by atoms with Crippen LogP contribution in [0.5, 0.6) is 11.5 Å². The van der Waals surface area contributed by atoms with E-state index in [0.717, 1.165) is 19.1 Å². The van der Waals surface area contributed by atoms with Gasteiger partial charge < -0.3 is 19.7 Å². The van der Waals surface area contributed by atoms with Crippen molar-refractivity contribution in [2.24, 2.45) is 0 Å². The number of benzene rings is 2. The third-order valence-corrected chi connectivity index (χ3v) is 4.92. The number of hydrogen-bond donors (Lipinski definition) is 2. The van der Waals surface area contributed by atoms with Gasteiger partial charge in [0.25, 0.3) is 6.29 Å². The molecule has 0 amide bonds. The number of aromatic carboxylic acids is 1. The van der Waals surface area contributed by atoms with Crippen molar-refractivity contribution >= 4 is 21.8 Å². The van der Waals surface area contributed by atoms with Crippen LogP contribution in [0.2, 0.25) is 0 Å². The molecule has 9 heteroatoms. The smallest absolute Gasteiger partial charge is 0.339 e. The van der Waals surface area contributed by atoms with E-state index >= 15 is 0 Å². The van der Waals surface area contributed by atoms with Crippen LogP contribution in [0.4, 0.5) is 0 Å². The molecule has 0 heterocycles. The summed E-state index contributed by atoms with van der Waals surface area (Å²) in [7, 11) is -3.82. The van der Waals surface area contributed by atoms with Crippen molar-refractivity contribution < 1.29 is 37.7 Å². The van der Waals surface area contributed by atoms with E-state index in [1.165, 1.54) is 18.2 Å². The average molecular weight is 380 g/mol. The number of carbonyl (C=O) groups is 2. The highest BCUT2D eigenvalue weighted by Gasteiger charge is 2.25. The van der Waals surface area contributed by atoms with Gasteiger partial charge in [-0.25, -0.2) is 13.2 Å². The van der Waals surface area contributed by atoms with Gasteiger partial charge in [0.05, 0.1) is 4.90 Å². The first-order chi connectivity index (χ1) is 12.2. The molecule has 0 spiro atoms. The van der Waals surface area contributed by atoms with Crippen molar-refractivity contribution in [1.82, 2.24) is 0 Å². The van der Waals surface area contributed by atoms with Gasteiger partial charge >= 0.3 is 11.9 Å². The number of ether oxygens (including phenoxy) is 2. The fraction of sp³-hybridized carbons (Fsp3) is 0.176. The van der Waals surface area contributed by atoms with E-state index in [9.17, 15) is 23.1 Å². The lowest BCUT2D eigenvalue weighted by Gasteiger charge is -2.19. The molecule has 0 aliphatic heterocycles. The van der Waals surface area contributed by atoms with Gasteiger partial charge in [-0.05, 0) is 24.3 Å². The lowest BCUT2D eigenvalue weighted by Crippen LogP contribution is -2.31. The molecule has 0 bridgehead atoms. The van der Waals surface area contributed by atoms with Gasteiger partial charge in [0.1, 0.15) is 22.8 Å². The molecule has 0 aliphatic rings. The second-order valence-corrected chi connectivity index (χ2v) is 7.27. The zero-order valence-corrected chi connectivity index (χ0v) is 14.5. The van der Waals surface area contributed by atoms with Gasteiger partial charge in [-0.3, -0.25) is 4.79 Å². The van der Waals surface area contributed by atoms with Crippen molar-refractivity contribution in [3.8, 4) is 11.5 Å².